The Kier molecular flexibility index (Phi) is 6.27. The van der Waals surface area contributed by atoms with E-state index >= 15 is 0 Å². The molecule has 3 N–H and O–H groups in total. The van der Waals surface area contributed by atoms with Gasteiger partial charge in [0.1, 0.15) is 11.5 Å². The molecule has 0 unspecified atom stereocenters. The summed E-state index contributed by atoms with van der Waals surface area (Å²) in [5.41, 5.74) is 1.20. The number of rotatable bonds is 8. The third-order valence-corrected chi connectivity index (χ3v) is 4.26. The highest BCUT2D eigenvalue weighted by molar-refractivity contribution is 5.94. The van der Waals surface area contributed by atoms with Gasteiger partial charge in [-0.25, -0.2) is 0 Å². The highest BCUT2D eigenvalue weighted by atomic mass is 16.5. The van der Waals surface area contributed by atoms with Crippen LogP contribution in [0.25, 0.3) is 0 Å². The van der Waals surface area contributed by atoms with Crippen LogP contribution in [0.5, 0.6) is 11.5 Å². The lowest BCUT2D eigenvalue weighted by Crippen LogP contribution is -2.48. The van der Waals surface area contributed by atoms with Gasteiger partial charge in [0.2, 0.25) is 0 Å². The Morgan fingerprint density at radius 3 is 2.56 bits per heavy atom. The number of nitrogens with one attached hydrogen (secondary N) is 3. The number of ether oxygens (including phenoxy) is 2. The van der Waals surface area contributed by atoms with Crippen LogP contribution in [-0.2, 0) is 4.79 Å². The minimum atomic E-state index is -0.279. The van der Waals surface area contributed by atoms with E-state index in [0.29, 0.717) is 35.2 Å². The maximum atomic E-state index is 12.1. The van der Waals surface area contributed by atoms with Crippen molar-refractivity contribution in [1.29, 1.82) is 0 Å². The van der Waals surface area contributed by atoms with E-state index in [0.717, 1.165) is 13.1 Å². The van der Waals surface area contributed by atoms with Gasteiger partial charge in [-0.1, -0.05) is 6.07 Å². The molecule has 0 spiro atoms. The molecular weight excluding hydrogens is 346 g/mol. The fraction of sp³-hybridized carbons (Fsp3) is 0.300. The van der Waals surface area contributed by atoms with Crippen molar-refractivity contribution < 1.29 is 19.1 Å². The van der Waals surface area contributed by atoms with Crippen molar-refractivity contribution in [2.24, 2.45) is 5.92 Å². The van der Waals surface area contributed by atoms with Crippen LogP contribution in [-0.4, -0.2) is 45.2 Å². The number of hydrogen-bond donors (Lipinski definition) is 3. The van der Waals surface area contributed by atoms with Crippen LogP contribution < -0.4 is 25.4 Å². The van der Waals surface area contributed by atoms with Gasteiger partial charge in [0.25, 0.3) is 11.8 Å². The van der Waals surface area contributed by atoms with Gasteiger partial charge in [0.05, 0.1) is 7.11 Å². The van der Waals surface area contributed by atoms with Gasteiger partial charge in [0, 0.05) is 42.9 Å². The third-order valence-electron chi connectivity index (χ3n) is 4.26. The van der Waals surface area contributed by atoms with E-state index in [1.165, 1.54) is 0 Å². The van der Waals surface area contributed by atoms with Gasteiger partial charge < -0.3 is 25.4 Å². The molecule has 1 heterocycles. The first-order chi connectivity index (χ1) is 13.1. The normalized spacial score (nSPS) is 13.4. The first-order valence-corrected chi connectivity index (χ1v) is 8.80. The van der Waals surface area contributed by atoms with Crippen molar-refractivity contribution in [2.45, 2.75) is 0 Å². The lowest BCUT2D eigenvalue weighted by atomic mass is 10.0. The number of carbonyl (C=O) groups excluding carboxylic acids is 2. The zero-order chi connectivity index (χ0) is 19.1. The largest absolute Gasteiger partial charge is 0.497 e. The summed E-state index contributed by atoms with van der Waals surface area (Å²) in [6, 6.07) is 13.8. The second-order valence-corrected chi connectivity index (χ2v) is 6.33. The van der Waals surface area contributed by atoms with E-state index in [-0.39, 0.29) is 18.4 Å². The van der Waals surface area contributed by atoms with E-state index < -0.39 is 0 Å². The van der Waals surface area contributed by atoms with Crippen LogP contribution in [0.4, 0.5) is 5.69 Å². The molecule has 0 radical (unpaired) electrons. The summed E-state index contributed by atoms with van der Waals surface area (Å²) in [7, 11) is 1.57. The second-order valence-electron chi connectivity index (χ2n) is 6.33. The Morgan fingerprint density at radius 2 is 1.89 bits per heavy atom. The minimum Gasteiger partial charge on any atom is -0.497 e. The van der Waals surface area contributed by atoms with Gasteiger partial charge in [-0.15, -0.1) is 0 Å². The van der Waals surface area contributed by atoms with Crippen molar-refractivity contribution in [3.8, 4) is 11.5 Å². The highest BCUT2D eigenvalue weighted by Crippen LogP contribution is 2.17. The fourth-order valence-corrected chi connectivity index (χ4v) is 2.58. The molecule has 1 saturated heterocycles. The van der Waals surface area contributed by atoms with Crippen LogP contribution >= 0.6 is 0 Å². The second kappa shape index (κ2) is 9.05. The molecule has 0 aliphatic carbocycles. The molecule has 0 aromatic heterocycles. The summed E-state index contributed by atoms with van der Waals surface area (Å²) in [5.74, 6) is 1.31. The third kappa shape index (κ3) is 5.46. The maximum absolute atomic E-state index is 12.1. The maximum Gasteiger partial charge on any atom is 0.262 e. The molecule has 27 heavy (non-hydrogen) atoms. The Morgan fingerprint density at radius 1 is 1.11 bits per heavy atom. The van der Waals surface area contributed by atoms with E-state index in [4.69, 9.17) is 9.47 Å². The fourth-order valence-electron chi connectivity index (χ4n) is 2.58. The first-order valence-electron chi connectivity index (χ1n) is 8.80. The monoisotopic (exact) mass is 369 g/mol. The summed E-state index contributed by atoms with van der Waals surface area (Å²) in [6.45, 7) is 2.45. The number of carbonyl (C=O) groups is 2. The Labute approximate surface area is 158 Å². The summed E-state index contributed by atoms with van der Waals surface area (Å²) >= 11 is 0. The van der Waals surface area contributed by atoms with Gasteiger partial charge >= 0.3 is 0 Å². The van der Waals surface area contributed by atoms with E-state index in [1.807, 2.05) is 0 Å². The highest BCUT2D eigenvalue weighted by Gasteiger charge is 2.17. The standard InChI is InChI=1S/C20H23N3O4/c1-26-18-4-2-3-16(9-18)23-19(24)13-27-17-7-5-15(6-8-17)20(25)22-12-14-10-21-11-14/h2-9,14,21H,10-13H2,1H3,(H,22,25)(H,23,24). The Hall–Kier alpha value is -3.06. The molecule has 7 heteroatoms. The number of methoxy groups -OCH3 is 1. The molecule has 3 rings (SSSR count). The van der Waals surface area contributed by atoms with Crippen molar-refractivity contribution in [1.82, 2.24) is 10.6 Å². The Balaban J connectivity index is 1.44. The van der Waals surface area contributed by atoms with E-state index in [9.17, 15) is 9.59 Å². The average Bonchev–Trinajstić information content (AvgIpc) is 2.65. The summed E-state index contributed by atoms with van der Waals surface area (Å²) in [4.78, 5) is 24.1. The predicted octanol–water partition coefficient (Wildman–Crippen LogP) is 1.66. The molecule has 1 fully saturated rings. The zero-order valence-electron chi connectivity index (χ0n) is 15.2. The van der Waals surface area contributed by atoms with Crippen LogP contribution in [0.15, 0.2) is 48.5 Å². The molecule has 0 atom stereocenters. The lowest BCUT2D eigenvalue weighted by molar-refractivity contribution is -0.118. The Bertz CT molecular complexity index is 788. The van der Waals surface area contributed by atoms with Crippen molar-refractivity contribution in [2.75, 3.05) is 38.7 Å². The molecule has 2 aromatic carbocycles. The zero-order valence-corrected chi connectivity index (χ0v) is 15.2. The number of benzene rings is 2. The van der Waals surface area contributed by atoms with Gasteiger partial charge in [-0.05, 0) is 36.4 Å². The molecule has 2 amide bonds. The average molecular weight is 369 g/mol. The number of anilines is 1. The quantitative estimate of drug-likeness (QED) is 0.659. The molecule has 7 nitrogen and oxygen atoms in total. The van der Waals surface area contributed by atoms with E-state index in [1.54, 1.807) is 55.6 Å². The van der Waals surface area contributed by atoms with Crippen LogP contribution in [0.2, 0.25) is 0 Å². The lowest BCUT2D eigenvalue weighted by Gasteiger charge is -2.27. The predicted molar refractivity (Wildman–Crippen MR) is 102 cm³/mol. The number of hydrogen-bond acceptors (Lipinski definition) is 5. The summed E-state index contributed by atoms with van der Waals surface area (Å²) in [6.07, 6.45) is 0. The molecule has 1 aliphatic heterocycles. The van der Waals surface area contributed by atoms with Gasteiger partial charge in [0.15, 0.2) is 6.61 Å². The van der Waals surface area contributed by atoms with Crippen molar-refractivity contribution in [3.05, 3.63) is 54.1 Å². The van der Waals surface area contributed by atoms with Gasteiger partial charge in [-0.3, -0.25) is 9.59 Å². The summed E-state index contributed by atoms with van der Waals surface area (Å²) < 4.78 is 10.6. The van der Waals surface area contributed by atoms with Crippen molar-refractivity contribution >= 4 is 17.5 Å². The molecule has 142 valence electrons. The van der Waals surface area contributed by atoms with Crippen LogP contribution in [0.1, 0.15) is 10.4 Å². The molecular formula is C20H23N3O4. The van der Waals surface area contributed by atoms with Gasteiger partial charge in [-0.2, -0.15) is 0 Å². The first kappa shape index (κ1) is 18.7. The molecule has 2 aromatic rings. The molecule has 0 saturated carbocycles. The van der Waals surface area contributed by atoms with Crippen LogP contribution in [0.3, 0.4) is 0 Å². The summed E-state index contributed by atoms with van der Waals surface area (Å²) in [5, 5.41) is 8.82. The topological polar surface area (TPSA) is 88.7 Å². The molecule has 0 bridgehead atoms. The van der Waals surface area contributed by atoms with Crippen molar-refractivity contribution in [3.63, 3.8) is 0 Å². The van der Waals surface area contributed by atoms with E-state index in [2.05, 4.69) is 16.0 Å². The smallest absolute Gasteiger partial charge is 0.262 e. The number of amides is 2. The minimum absolute atomic E-state index is 0.107. The SMILES string of the molecule is COc1cccc(NC(=O)COc2ccc(C(=O)NCC3CNC3)cc2)c1. The van der Waals surface area contributed by atoms with Crippen LogP contribution in [0, 0.1) is 5.92 Å². The molecule has 1 aliphatic rings.